The molecular weight excluding hydrogens is 457 g/mol. The quantitative estimate of drug-likeness (QED) is 0.396. The first kappa shape index (κ1) is 19.1. The van der Waals surface area contributed by atoms with Crippen LogP contribution >= 0.6 is 46.7 Å². The zero-order chi connectivity index (χ0) is 17.5. The maximum atomic E-state index is 12.1. The van der Waals surface area contributed by atoms with Crippen molar-refractivity contribution in [3.63, 3.8) is 0 Å². The van der Waals surface area contributed by atoms with E-state index in [1.807, 2.05) is 42.5 Å². The number of nitrogens with one attached hydrogen (secondary N) is 1. The summed E-state index contributed by atoms with van der Waals surface area (Å²) >= 11 is 13.2. The fourth-order valence-corrected chi connectivity index (χ4v) is 3.02. The van der Waals surface area contributed by atoms with Crippen molar-refractivity contribution in [3.8, 4) is 0 Å². The molecule has 126 valence electrons. The molecule has 4 nitrogen and oxygen atoms in total. The van der Waals surface area contributed by atoms with E-state index in [0.717, 1.165) is 5.56 Å². The molecule has 0 aliphatic carbocycles. The number of rotatable bonds is 5. The summed E-state index contributed by atoms with van der Waals surface area (Å²) in [6.07, 6.45) is 0.700. The molecule has 0 saturated heterocycles. The first-order chi connectivity index (χ1) is 11.5. The summed E-state index contributed by atoms with van der Waals surface area (Å²) in [7, 11) is 0. The summed E-state index contributed by atoms with van der Waals surface area (Å²) in [5.74, 6) is -0.228. The Morgan fingerprint density at radius 1 is 1.21 bits per heavy atom. The van der Waals surface area contributed by atoms with E-state index in [1.165, 1.54) is 0 Å². The molecule has 0 bridgehead atoms. The van der Waals surface area contributed by atoms with Crippen LogP contribution in [-0.2, 0) is 6.42 Å². The van der Waals surface area contributed by atoms with Crippen LogP contribution < -0.4 is 11.1 Å². The lowest BCUT2D eigenvalue weighted by Crippen LogP contribution is -2.43. The number of nitrogens with zero attached hydrogens (tertiary/aromatic N) is 1. The van der Waals surface area contributed by atoms with Crippen LogP contribution in [0.5, 0.6) is 0 Å². The molecule has 0 aliphatic heterocycles. The number of carbonyl (C=O) groups excluding carboxylic acids is 1. The van der Waals surface area contributed by atoms with Crippen molar-refractivity contribution in [2.24, 2.45) is 5.73 Å². The van der Waals surface area contributed by atoms with Crippen molar-refractivity contribution in [2.45, 2.75) is 12.5 Å². The topological polar surface area (TPSA) is 58.4 Å². The minimum atomic E-state index is -0.228. The summed E-state index contributed by atoms with van der Waals surface area (Å²) in [5.41, 5.74) is 7.84. The van der Waals surface area contributed by atoms with Crippen molar-refractivity contribution >= 4 is 57.7 Å². The largest absolute Gasteiger partial charge is 0.326 e. The average molecular weight is 474 g/mol. The van der Waals surface area contributed by atoms with Gasteiger partial charge in [-0.2, -0.15) is 0 Å². The zero-order valence-electron chi connectivity index (χ0n) is 12.8. The summed E-state index contributed by atoms with van der Waals surface area (Å²) in [6, 6.07) is 16.4. The fourth-order valence-electron chi connectivity index (χ4n) is 2.10. The Kier molecular flexibility index (Phi) is 7.41. The molecule has 3 N–H and O–H groups in total. The molecule has 2 aromatic carbocycles. The van der Waals surface area contributed by atoms with Gasteiger partial charge in [-0.15, -0.1) is 0 Å². The molecule has 0 aromatic heterocycles. The van der Waals surface area contributed by atoms with Crippen LogP contribution in [-0.4, -0.2) is 26.7 Å². The standard InChI is InChI=1S/C17H17ClIN3OS/c18-14-8-6-12(7-9-14)10-15(20)11-22(19)17(24)21-16(23)13-4-2-1-3-5-13/h1-9,15H,10-11,20H2,(H,21,23,24). The van der Waals surface area contributed by atoms with E-state index < -0.39 is 0 Å². The molecule has 1 unspecified atom stereocenters. The van der Waals surface area contributed by atoms with Crippen molar-refractivity contribution in [2.75, 3.05) is 6.54 Å². The molecule has 7 heteroatoms. The predicted molar refractivity (Wildman–Crippen MR) is 110 cm³/mol. The van der Waals surface area contributed by atoms with Gasteiger partial charge in [-0.3, -0.25) is 13.2 Å². The molecule has 2 rings (SSSR count). The molecule has 0 aliphatic rings. The molecule has 0 fully saturated rings. The lowest BCUT2D eigenvalue weighted by molar-refractivity contribution is 0.0975. The first-order valence-corrected chi connectivity index (χ1v) is 9.04. The second kappa shape index (κ2) is 9.31. The molecular formula is C17H17ClIN3OS. The SMILES string of the molecule is NC(Cc1ccc(Cl)cc1)CN(I)C(=S)NC(=O)c1ccccc1. The number of benzene rings is 2. The molecule has 0 spiro atoms. The second-order valence-corrected chi connectivity index (χ2v) is 7.25. The van der Waals surface area contributed by atoms with E-state index in [0.29, 0.717) is 28.7 Å². The van der Waals surface area contributed by atoms with Crippen LogP contribution in [0.4, 0.5) is 0 Å². The number of carbonyl (C=O) groups is 1. The van der Waals surface area contributed by atoms with Crippen molar-refractivity contribution in [3.05, 3.63) is 70.7 Å². The highest BCUT2D eigenvalue weighted by molar-refractivity contribution is 14.1. The normalized spacial score (nSPS) is 11.6. The molecule has 1 amide bonds. The number of halogens is 2. The number of thiocarbonyl (C=S) groups is 1. The van der Waals surface area contributed by atoms with Crippen LogP contribution in [0.2, 0.25) is 5.02 Å². The monoisotopic (exact) mass is 473 g/mol. The third kappa shape index (κ3) is 6.01. The van der Waals surface area contributed by atoms with Gasteiger partial charge < -0.3 is 5.73 Å². The van der Waals surface area contributed by atoms with E-state index in [9.17, 15) is 4.79 Å². The van der Waals surface area contributed by atoms with Gasteiger partial charge in [0.15, 0.2) is 5.11 Å². The number of amides is 1. The van der Waals surface area contributed by atoms with Gasteiger partial charge in [0.2, 0.25) is 0 Å². The Balaban J connectivity index is 1.84. The van der Waals surface area contributed by atoms with Gasteiger partial charge in [-0.25, -0.2) is 0 Å². The molecule has 1 atom stereocenters. The predicted octanol–water partition coefficient (Wildman–Crippen LogP) is 3.58. The molecule has 0 saturated carbocycles. The van der Waals surface area contributed by atoms with E-state index >= 15 is 0 Å². The summed E-state index contributed by atoms with van der Waals surface area (Å²) in [6.45, 7) is 0.525. The Labute approximate surface area is 165 Å². The minimum Gasteiger partial charge on any atom is -0.326 e. The summed E-state index contributed by atoms with van der Waals surface area (Å²) in [5, 5.41) is 3.76. The Morgan fingerprint density at radius 2 is 1.83 bits per heavy atom. The number of hydrogen-bond donors (Lipinski definition) is 2. The van der Waals surface area contributed by atoms with Gasteiger partial charge in [-0.1, -0.05) is 41.9 Å². The van der Waals surface area contributed by atoms with E-state index in [4.69, 9.17) is 29.6 Å². The lowest BCUT2D eigenvalue weighted by atomic mass is 10.1. The van der Waals surface area contributed by atoms with Gasteiger partial charge >= 0.3 is 0 Å². The van der Waals surface area contributed by atoms with Crippen molar-refractivity contribution < 1.29 is 4.79 Å². The Bertz CT molecular complexity index is 697. The van der Waals surface area contributed by atoms with E-state index in [2.05, 4.69) is 28.2 Å². The van der Waals surface area contributed by atoms with Gasteiger partial charge in [0.05, 0.1) is 22.9 Å². The van der Waals surface area contributed by atoms with Crippen molar-refractivity contribution in [1.82, 2.24) is 8.43 Å². The zero-order valence-corrected chi connectivity index (χ0v) is 16.5. The summed E-state index contributed by atoms with van der Waals surface area (Å²) < 4.78 is 1.74. The lowest BCUT2D eigenvalue weighted by Gasteiger charge is -2.22. The van der Waals surface area contributed by atoms with Crippen molar-refractivity contribution in [1.29, 1.82) is 0 Å². The van der Waals surface area contributed by atoms with Crippen LogP contribution in [0.25, 0.3) is 0 Å². The fraction of sp³-hybridized carbons (Fsp3) is 0.176. The van der Waals surface area contributed by atoms with E-state index in [-0.39, 0.29) is 11.9 Å². The highest BCUT2D eigenvalue weighted by atomic mass is 127. The second-order valence-electron chi connectivity index (χ2n) is 5.26. The molecule has 24 heavy (non-hydrogen) atoms. The maximum absolute atomic E-state index is 12.1. The molecule has 0 heterocycles. The number of nitrogens with two attached hydrogens (primary N) is 1. The third-order valence-electron chi connectivity index (χ3n) is 3.28. The van der Waals surface area contributed by atoms with Gasteiger partial charge in [0.25, 0.3) is 5.91 Å². The first-order valence-electron chi connectivity index (χ1n) is 7.29. The highest BCUT2D eigenvalue weighted by Gasteiger charge is 2.15. The third-order valence-corrected chi connectivity index (χ3v) is 5.06. The molecule has 2 aromatic rings. The Hall–Kier alpha value is -1.22. The van der Waals surface area contributed by atoms with Crippen LogP contribution in [0, 0.1) is 0 Å². The summed E-state index contributed by atoms with van der Waals surface area (Å²) in [4.78, 5) is 12.1. The van der Waals surface area contributed by atoms with Gasteiger partial charge in [0, 0.05) is 23.2 Å². The van der Waals surface area contributed by atoms with Gasteiger partial charge in [0.1, 0.15) is 0 Å². The highest BCUT2D eigenvalue weighted by Crippen LogP contribution is 2.12. The van der Waals surface area contributed by atoms with Crippen LogP contribution in [0.1, 0.15) is 15.9 Å². The smallest absolute Gasteiger partial charge is 0.257 e. The number of hydrogen-bond acceptors (Lipinski definition) is 3. The Morgan fingerprint density at radius 3 is 2.46 bits per heavy atom. The average Bonchev–Trinajstić information content (AvgIpc) is 2.57. The molecule has 0 radical (unpaired) electrons. The van der Waals surface area contributed by atoms with Crippen LogP contribution in [0.3, 0.4) is 0 Å². The van der Waals surface area contributed by atoms with Gasteiger partial charge in [-0.05, 0) is 48.5 Å². The van der Waals surface area contributed by atoms with E-state index in [1.54, 1.807) is 15.2 Å². The minimum absolute atomic E-state index is 0.116. The maximum Gasteiger partial charge on any atom is 0.257 e. The van der Waals surface area contributed by atoms with Crippen LogP contribution in [0.15, 0.2) is 54.6 Å².